The van der Waals surface area contributed by atoms with Crippen LogP contribution in [0.15, 0.2) is 61.4 Å². The van der Waals surface area contributed by atoms with Crippen molar-refractivity contribution in [3.63, 3.8) is 0 Å². The summed E-state index contributed by atoms with van der Waals surface area (Å²) in [6, 6.07) is 10.9. The SMILES string of the molecule is C=CC(O)Nc1cc(Nc2ncc(Cl)c(-c3cn(C)c4ccccc34)n2)c(OC(F)F)cc1N(C)CCN(C)C. The van der Waals surface area contributed by atoms with Gasteiger partial charge < -0.3 is 34.8 Å². The van der Waals surface area contributed by atoms with E-state index >= 15 is 0 Å². The molecule has 0 amide bonds. The molecule has 4 aromatic rings. The first-order chi connectivity index (χ1) is 19.1. The van der Waals surface area contributed by atoms with Gasteiger partial charge in [-0.1, -0.05) is 36.4 Å². The lowest BCUT2D eigenvalue weighted by molar-refractivity contribution is -0.0493. The normalized spacial score (nSPS) is 12.2. The van der Waals surface area contributed by atoms with Crippen LogP contribution in [0.5, 0.6) is 5.75 Å². The van der Waals surface area contributed by atoms with Gasteiger partial charge in [0.1, 0.15) is 6.23 Å². The third-order valence-corrected chi connectivity index (χ3v) is 6.55. The Hall–Kier alpha value is -3.93. The zero-order valence-electron chi connectivity index (χ0n) is 22.7. The number of fused-ring (bicyclic) bond motifs is 1. The Bertz CT molecular complexity index is 1500. The van der Waals surface area contributed by atoms with Crippen molar-refractivity contribution in [3.05, 3.63) is 66.5 Å². The van der Waals surface area contributed by atoms with Gasteiger partial charge in [-0.15, -0.1) is 0 Å². The first-order valence-electron chi connectivity index (χ1n) is 12.5. The summed E-state index contributed by atoms with van der Waals surface area (Å²) in [5, 5.41) is 17.5. The smallest absolute Gasteiger partial charge is 0.387 e. The Morgan fingerprint density at radius 2 is 1.93 bits per heavy atom. The standard InChI is InChI=1S/C28H32ClF2N7O2/c1-6-25(39)33-20-13-21(24(40-27(30)31)14-23(20)37(4)12-11-36(2)3)34-28-32-15-19(29)26(35-28)18-16-38(5)22-10-8-7-9-17(18)22/h6-10,13-16,25,27,33,39H,1,11-12H2,2-5H3,(H,32,34,35). The lowest BCUT2D eigenvalue weighted by atomic mass is 10.1. The van der Waals surface area contributed by atoms with E-state index in [9.17, 15) is 13.9 Å². The largest absolute Gasteiger partial charge is 0.433 e. The second-order valence-electron chi connectivity index (χ2n) is 9.48. The van der Waals surface area contributed by atoms with Crippen LogP contribution in [0.2, 0.25) is 5.02 Å². The Morgan fingerprint density at radius 3 is 2.62 bits per heavy atom. The first kappa shape index (κ1) is 29.1. The molecule has 3 N–H and O–H groups in total. The Morgan fingerprint density at radius 1 is 1.18 bits per heavy atom. The van der Waals surface area contributed by atoms with Crippen molar-refractivity contribution in [1.29, 1.82) is 0 Å². The number of rotatable bonds is 12. The molecule has 1 atom stereocenters. The molecule has 40 heavy (non-hydrogen) atoms. The summed E-state index contributed by atoms with van der Waals surface area (Å²) in [6.07, 6.45) is 3.61. The fourth-order valence-corrected chi connectivity index (χ4v) is 4.44. The highest BCUT2D eigenvalue weighted by Gasteiger charge is 2.20. The van der Waals surface area contributed by atoms with E-state index in [2.05, 4.69) is 27.2 Å². The first-order valence-corrected chi connectivity index (χ1v) is 12.8. The lowest BCUT2D eigenvalue weighted by Crippen LogP contribution is -2.29. The molecule has 0 aliphatic rings. The fraction of sp³-hybridized carbons (Fsp3) is 0.286. The molecule has 0 spiro atoms. The third kappa shape index (κ3) is 6.61. The number of halogens is 3. The van der Waals surface area contributed by atoms with Gasteiger partial charge in [-0.25, -0.2) is 9.97 Å². The summed E-state index contributed by atoms with van der Waals surface area (Å²) in [7, 11) is 7.62. The van der Waals surface area contributed by atoms with Crippen LogP contribution in [0.25, 0.3) is 22.2 Å². The van der Waals surface area contributed by atoms with Crippen molar-refractivity contribution in [2.75, 3.05) is 49.8 Å². The third-order valence-electron chi connectivity index (χ3n) is 6.28. The van der Waals surface area contributed by atoms with Crippen molar-refractivity contribution in [2.45, 2.75) is 12.8 Å². The fourth-order valence-electron chi connectivity index (χ4n) is 4.25. The van der Waals surface area contributed by atoms with Gasteiger partial charge in [0.25, 0.3) is 0 Å². The van der Waals surface area contributed by atoms with Gasteiger partial charge in [0.15, 0.2) is 5.75 Å². The second kappa shape index (κ2) is 12.5. The summed E-state index contributed by atoms with van der Waals surface area (Å²) >= 11 is 6.51. The maximum Gasteiger partial charge on any atom is 0.387 e. The molecule has 2 heterocycles. The van der Waals surface area contributed by atoms with Gasteiger partial charge in [-0.2, -0.15) is 8.78 Å². The highest BCUT2D eigenvalue weighted by atomic mass is 35.5. The molecule has 2 aromatic carbocycles. The molecular weight excluding hydrogens is 540 g/mol. The monoisotopic (exact) mass is 571 g/mol. The van der Waals surface area contributed by atoms with Crippen LogP contribution in [0, 0.1) is 0 Å². The number of nitrogens with zero attached hydrogens (tertiary/aromatic N) is 5. The average molecular weight is 572 g/mol. The van der Waals surface area contributed by atoms with E-state index < -0.39 is 12.8 Å². The van der Waals surface area contributed by atoms with Crippen molar-refractivity contribution < 1.29 is 18.6 Å². The van der Waals surface area contributed by atoms with Gasteiger partial charge in [0.2, 0.25) is 5.95 Å². The molecule has 2 aromatic heterocycles. The minimum atomic E-state index is -3.07. The number of aryl methyl sites for hydroxylation is 1. The highest BCUT2D eigenvalue weighted by Crippen LogP contribution is 2.40. The quantitative estimate of drug-likeness (QED) is 0.151. The van der Waals surface area contributed by atoms with Gasteiger partial charge >= 0.3 is 6.61 Å². The van der Waals surface area contributed by atoms with Gasteiger partial charge in [-0.05, 0) is 32.3 Å². The van der Waals surface area contributed by atoms with Crippen LogP contribution >= 0.6 is 11.6 Å². The number of anilines is 4. The van der Waals surface area contributed by atoms with E-state index in [4.69, 9.17) is 16.3 Å². The van der Waals surface area contributed by atoms with E-state index in [1.165, 1.54) is 18.3 Å². The Kier molecular flexibility index (Phi) is 9.08. The average Bonchev–Trinajstić information content (AvgIpc) is 3.25. The molecule has 12 heteroatoms. The minimum absolute atomic E-state index is 0.120. The number of aromatic nitrogens is 3. The van der Waals surface area contributed by atoms with E-state index in [1.807, 2.05) is 73.0 Å². The summed E-state index contributed by atoms with van der Waals surface area (Å²) in [5.74, 6) is 0.000916. The van der Waals surface area contributed by atoms with Crippen LogP contribution in [0.4, 0.5) is 31.8 Å². The molecule has 0 bridgehead atoms. The summed E-state index contributed by atoms with van der Waals surface area (Å²) < 4.78 is 33.8. The van der Waals surface area contributed by atoms with E-state index in [0.717, 1.165) is 16.5 Å². The molecule has 0 saturated heterocycles. The maximum absolute atomic E-state index is 13.5. The number of likely N-dealkylation sites (N-methyl/N-ethyl adjacent to an activating group) is 2. The molecule has 0 radical (unpaired) electrons. The van der Waals surface area contributed by atoms with Crippen molar-refractivity contribution >= 4 is 45.5 Å². The molecule has 0 aliphatic carbocycles. The lowest BCUT2D eigenvalue weighted by Gasteiger charge is -2.27. The predicted molar refractivity (Wildman–Crippen MR) is 157 cm³/mol. The number of para-hydroxylation sites is 1. The molecule has 0 aliphatic heterocycles. The van der Waals surface area contributed by atoms with Crippen LogP contribution in [-0.2, 0) is 7.05 Å². The number of hydrogen-bond donors (Lipinski definition) is 3. The molecule has 4 rings (SSSR count). The Balaban J connectivity index is 1.78. The number of hydrogen-bond acceptors (Lipinski definition) is 8. The second-order valence-corrected chi connectivity index (χ2v) is 9.89. The van der Waals surface area contributed by atoms with Crippen LogP contribution in [0.3, 0.4) is 0 Å². The zero-order chi connectivity index (χ0) is 29.0. The number of alkyl halides is 2. The van der Waals surface area contributed by atoms with Gasteiger partial charge in [0, 0.05) is 55.9 Å². The van der Waals surface area contributed by atoms with Gasteiger partial charge in [-0.3, -0.25) is 0 Å². The zero-order valence-corrected chi connectivity index (χ0v) is 23.5. The number of nitrogens with one attached hydrogen (secondary N) is 2. The minimum Gasteiger partial charge on any atom is -0.433 e. The van der Waals surface area contributed by atoms with Crippen LogP contribution < -0.4 is 20.3 Å². The van der Waals surface area contributed by atoms with Crippen LogP contribution in [0.1, 0.15) is 0 Å². The van der Waals surface area contributed by atoms with Crippen molar-refractivity contribution in [3.8, 4) is 17.0 Å². The number of aliphatic hydroxyl groups is 1. The van der Waals surface area contributed by atoms with Crippen molar-refractivity contribution in [2.24, 2.45) is 7.05 Å². The van der Waals surface area contributed by atoms with E-state index in [1.54, 1.807) is 6.07 Å². The Labute approximate surface area is 236 Å². The number of benzene rings is 2. The molecule has 0 fully saturated rings. The summed E-state index contributed by atoms with van der Waals surface area (Å²) in [5.41, 5.74) is 3.44. The molecular formula is C28H32ClF2N7O2. The summed E-state index contributed by atoms with van der Waals surface area (Å²) in [6.45, 7) is 1.82. The highest BCUT2D eigenvalue weighted by molar-refractivity contribution is 6.33. The molecule has 0 saturated carbocycles. The number of ether oxygens (including phenoxy) is 1. The van der Waals surface area contributed by atoms with E-state index in [-0.39, 0.29) is 17.4 Å². The van der Waals surface area contributed by atoms with Gasteiger partial charge in [0.05, 0.1) is 34.0 Å². The topological polar surface area (TPSA) is 90.7 Å². The van der Waals surface area contributed by atoms with Crippen LogP contribution in [-0.4, -0.2) is 71.6 Å². The predicted octanol–water partition coefficient (Wildman–Crippen LogP) is 5.55. The molecule has 212 valence electrons. The number of aliphatic hydroxyl groups excluding tert-OH is 1. The summed E-state index contributed by atoms with van der Waals surface area (Å²) in [4.78, 5) is 12.8. The maximum atomic E-state index is 13.5. The molecule has 9 nitrogen and oxygen atoms in total. The van der Waals surface area contributed by atoms with Crippen molar-refractivity contribution in [1.82, 2.24) is 19.4 Å². The molecule has 1 unspecified atom stereocenters. The van der Waals surface area contributed by atoms with E-state index in [0.29, 0.717) is 35.2 Å².